The zero-order chi connectivity index (χ0) is 13.8. The van der Waals surface area contributed by atoms with E-state index in [1.807, 2.05) is 18.2 Å². The van der Waals surface area contributed by atoms with Gasteiger partial charge < -0.3 is 9.84 Å². The van der Waals surface area contributed by atoms with Crippen LogP contribution < -0.4 is 0 Å². The van der Waals surface area contributed by atoms with Crippen LogP contribution in [0.25, 0.3) is 0 Å². The van der Waals surface area contributed by atoms with E-state index < -0.39 is 6.10 Å². The average molecular weight is 268 g/mol. The van der Waals surface area contributed by atoms with E-state index in [0.29, 0.717) is 0 Å². The lowest BCUT2D eigenvalue weighted by molar-refractivity contribution is -0.00259. The highest BCUT2D eigenvalue weighted by Crippen LogP contribution is 2.27. The molecule has 3 rings (SSSR count). The molecular weight excluding hydrogens is 248 g/mol. The van der Waals surface area contributed by atoms with Crippen molar-refractivity contribution in [2.75, 3.05) is 6.61 Å². The van der Waals surface area contributed by atoms with Crippen molar-refractivity contribution in [1.82, 2.24) is 0 Å². The SMILES string of the molecule is OC(c1ccc(Cc2ccccc2)cc1)C1CCCO1. The van der Waals surface area contributed by atoms with Crippen LogP contribution in [-0.4, -0.2) is 17.8 Å². The average Bonchev–Trinajstić information content (AvgIpc) is 3.03. The van der Waals surface area contributed by atoms with Crippen molar-refractivity contribution in [2.24, 2.45) is 0 Å². The molecule has 104 valence electrons. The van der Waals surface area contributed by atoms with Gasteiger partial charge in [-0.2, -0.15) is 0 Å². The summed E-state index contributed by atoms with van der Waals surface area (Å²) in [5, 5.41) is 10.3. The largest absolute Gasteiger partial charge is 0.386 e. The molecule has 2 atom stereocenters. The van der Waals surface area contributed by atoms with Crippen molar-refractivity contribution < 1.29 is 9.84 Å². The van der Waals surface area contributed by atoms with Crippen LogP contribution in [0.15, 0.2) is 54.6 Å². The fraction of sp³-hybridized carbons (Fsp3) is 0.333. The second-order valence-corrected chi connectivity index (χ2v) is 5.40. The molecule has 1 aliphatic heterocycles. The summed E-state index contributed by atoms with van der Waals surface area (Å²) in [6, 6.07) is 18.7. The molecule has 20 heavy (non-hydrogen) atoms. The molecule has 0 radical (unpaired) electrons. The fourth-order valence-corrected chi connectivity index (χ4v) is 2.73. The fourth-order valence-electron chi connectivity index (χ4n) is 2.73. The van der Waals surface area contributed by atoms with E-state index in [2.05, 4.69) is 36.4 Å². The van der Waals surface area contributed by atoms with Crippen LogP contribution in [0.5, 0.6) is 0 Å². The van der Waals surface area contributed by atoms with E-state index in [0.717, 1.165) is 31.4 Å². The number of aliphatic hydroxyl groups excluding tert-OH is 1. The Labute approximate surface area is 120 Å². The van der Waals surface area contributed by atoms with E-state index in [9.17, 15) is 5.11 Å². The third kappa shape index (κ3) is 3.09. The molecule has 2 heteroatoms. The van der Waals surface area contributed by atoms with E-state index in [-0.39, 0.29) is 6.10 Å². The molecule has 2 aromatic carbocycles. The summed E-state index contributed by atoms with van der Waals surface area (Å²) < 4.78 is 5.55. The molecule has 0 amide bonds. The van der Waals surface area contributed by atoms with E-state index in [4.69, 9.17) is 4.74 Å². The molecule has 2 unspecified atom stereocenters. The Morgan fingerprint density at radius 1 is 1.00 bits per heavy atom. The molecule has 1 fully saturated rings. The van der Waals surface area contributed by atoms with E-state index in [1.54, 1.807) is 0 Å². The van der Waals surface area contributed by atoms with Crippen LogP contribution in [0.2, 0.25) is 0 Å². The summed E-state index contributed by atoms with van der Waals surface area (Å²) in [6.45, 7) is 0.772. The number of ether oxygens (including phenoxy) is 1. The molecule has 0 saturated carbocycles. The summed E-state index contributed by atoms with van der Waals surface area (Å²) in [7, 11) is 0. The monoisotopic (exact) mass is 268 g/mol. The first-order chi connectivity index (χ1) is 9.83. The summed E-state index contributed by atoms with van der Waals surface area (Å²) in [6.07, 6.45) is 2.40. The van der Waals surface area contributed by atoms with Crippen molar-refractivity contribution in [2.45, 2.75) is 31.5 Å². The van der Waals surface area contributed by atoms with Crippen LogP contribution in [0.4, 0.5) is 0 Å². The predicted molar refractivity (Wildman–Crippen MR) is 79.6 cm³/mol. The molecule has 0 bridgehead atoms. The Balaban J connectivity index is 1.68. The summed E-state index contributed by atoms with van der Waals surface area (Å²) in [5.41, 5.74) is 3.52. The van der Waals surface area contributed by atoms with Crippen LogP contribution in [0.3, 0.4) is 0 Å². The molecular formula is C18H20O2. The highest BCUT2D eigenvalue weighted by Gasteiger charge is 2.25. The zero-order valence-electron chi connectivity index (χ0n) is 11.5. The molecule has 0 spiro atoms. The number of benzene rings is 2. The van der Waals surface area contributed by atoms with Crippen LogP contribution in [-0.2, 0) is 11.2 Å². The van der Waals surface area contributed by atoms with Crippen LogP contribution >= 0.6 is 0 Å². The highest BCUT2D eigenvalue weighted by molar-refractivity contribution is 5.29. The Kier molecular flexibility index (Phi) is 4.14. The van der Waals surface area contributed by atoms with Gasteiger partial charge >= 0.3 is 0 Å². The maximum Gasteiger partial charge on any atom is 0.105 e. The van der Waals surface area contributed by atoms with Crippen molar-refractivity contribution in [3.05, 3.63) is 71.3 Å². The molecule has 2 aromatic rings. The van der Waals surface area contributed by atoms with E-state index in [1.165, 1.54) is 11.1 Å². The van der Waals surface area contributed by atoms with E-state index >= 15 is 0 Å². The molecule has 2 nitrogen and oxygen atoms in total. The van der Waals surface area contributed by atoms with Gasteiger partial charge in [0.15, 0.2) is 0 Å². The Morgan fingerprint density at radius 2 is 1.70 bits per heavy atom. The second kappa shape index (κ2) is 6.21. The topological polar surface area (TPSA) is 29.5 Å². The van der Waals surface area contributed by atoms with Crippen molar-refractivity contribution >= 4 is 0 Å². The minimum absolute atomic E-state index is 0.0324. The number of rotatable bonds is 4. The predicted octanol–water partition coefficient (Wildman–Crippen LogP) is 3.49. The van der Waals surface area contributed by atoms with Gasteiger partial charge in [0.05, 0.1) is 6.10 Å². The summed E-state index contributed by atoms with van der Waals surface area (Å²) in [4.78, 5) is 0. The maximum absolute atomic E-state index is 10.3. The molecule has 1 saturated heterocycles. The molecule has 0 aliphatic carbocycles. The molecule has 1 aliphatic rings. The lowest BCUT2D eigenvalue weighted by atomic mass is 9.99. The zero-order valence-corrected chi connectivity index (χ0v) is 11.5. The Bertz CT molecular complexity index is 527. The lowest BCUT2D eigenvalue weighted by Gasteiger charge is -2.18. The first kappa shape index (κ1) is 13.3. The Hall–Kier alpha value is -1.64. The first-order valence-corrected chi connectivity index (χ1v) is 7.25. The van der Waals surface area contributed by atoms with Gasteiger partial charge in [-0.15, -0.1) is 0 Å². The molecule has 1 N–H and O–H groups in total. The van der Waals surface area contributed by atoms with Gasteiger partial charge in [0, 0.05) is 6.61 Å². The van der Waals surface area contributed by atoms with Crippen molar-refractivity contribution in [3.8, 4) is 0 Å². The van der Waals surface area contributed by atoms with Gasteiger partial charge in [-0.05, 0) is 36.0 Å². The first-order valence-electron chi connectivity index (χ1n) is 7.25. The smallest absolute Gasteiger partial charge is 0.105 e. The molecule has 1 heterocycles. The van der Waals surface area contributed by atoms with Gasteiger partial charge in [0.25, 0.3) is 0 Å². The van der Waals surface area contributed by atoms with Crippen LogP contribution in [0, 0.1) is 0 Å². The minimum Gasteiger partial charge on any atom is -0.386 e. The quantitative estimate of drug-likeness (QED) is 0.919. The van der Waals surface area contributed by atoms with Crippen LogP contribution in [0.1, 0.15) is 35.6 Å². The lowest BCUT2D eigenvalue weighted by Crippen LogP contribution is -2.17. The third-order valence-corrected chi connectivity index (χ3v) is 3.89. The number of hydrogen-bond acceptors (Lipinski definition) is 2. The highest BCUT2D eigenvalue weighted by atomic mass is 16.5. The number of aliphatic hydroxyl groups is 1. The standard InChI is InChI=1S/C18H20O2/c19-18(17-7-4-12-20-17)16-10-8-15(9-11-16)13-14-5-2-1-3-6-14/h1-3,5-6,8-11,17-19H,4,7,12-13H2. The van der Waals surface area contributed by atoms with Gasteiger partial charge in [-0.25, -0.2) is 0 Å². The molecule has 0 aromatic heterocycles. The third-order valence-electron chi connectivity index (χ3n) is 3.89. The van der Waals surface area contributed by atoms with Crippen molar-refractivity contribution in [1.29, 1.82) is 0 Å². The number of hydrogen-bond donors (Lipinski definition) is 1. The maximum atomic E-state index is 10.3. The van der Waals surface area contributed by atoms with Gasteiger partial charge in [0.2, 0.25) is 0 Å². The van der Waals surface area contributed by atoms with Gasteiger partial charge in [-0.1, -0.05) is 54.6 Å². The van der Waals surface area contributed by atoms with Gasteiger partial charge in [-0.3, -0.25) is 0 Å². The Morgan fingerprint density at radius 3 is 2.35 bits per heavy atom. The summed E-state index contributed by atoms with van der Waals surface area (Å²) >= 11 is 0. The second-order valence-electron chi connectivity index (χ2n) is 5.40. The minimum atomic E-state index is -0.497. The normalized spacial score (nSPS) is 19.9. The summed E-state index contributed by atoms with van der Waals surface area (Å²) in [5.74, 6) is 0. The van der Waals surface area contributed by atoms with Gasteiger partial charge in [0.1, 0.15) is 6.10 Å². The van der Waals surface area contributed by atoms with Crippen molar-refractivity contribution in [3.63, 3.8) is 0 Å².